The largest absolute Gasteiger partial charge is 0.426 e. The van der Waals surface area contributed by atoms with Crippen LogP contribution in [-0.2, 0) is 16.6 Å². The first-order chi connectivity index (χ1) is 13.0. The molecule has 150 valence electrons. The summed E-state index contributed by atoms with van der Waals surface area (Å²) in [6.45, 7) is 4.31. The van der Waals surface area contributed by atoms with Crippen molar-refractivity contribution in [2.75, 3.05) is 0 Å². The van der Waals surface area contributed by atoms with Gasteiger partial charge in [0, 0.05) is 23.9 Å². The van der Waals surface area contributed by atoms with Crippen molar-refractivity contribution in [3.8, 4) is 5.75 Å². The number of rotatable bonds is 6. The molecule has 0 spiro atoms. The summed E-state index contributed by atoms with van der Waals surface area (Å²) in [5.41, 5.74) is 8.17. The quantitative estimate of drug-likeness (QED) is 0.410. The Labute approximate surface area is 162 Å². The molecule has 1 fully saturated rings. The average molecular weight is 376 g/mol. The molecule has 1 saturated carbocycles. The summed E-state index contributed by atoms with van der Waals surface area (Å²) < 4.78 is 20.4. The Morgan fingerprint density at radius 3 is 2.85 bits per heavy atom. The van der Waals surface area contributed by atoms with Gasteiger partial charge in [0.25, 0.3) is 0 Å². The molecule has 2 N–H and O–H groups in total. The van der Waals surface area contributed by atoms with Crippen LogP contribution in [-0.4, -0.2) is 12.0 Å². The molecule has 1 aromatic rings. The molecule has 0 saturated heterocycles. The number of fused-ring (bicyclic) bond motifs is 4. The van der Waals surface area contributed by atoms with E-state index in [-0.39, 0.29) is 23.2 Å². The fourth-order valence-electron chi connectivity index (χ4n) is 5.01. The zero-order chi connectivity index (χ0) is 19.4. The summed E-state index contributed by atoms with van der Waals surface area (Å²) >= 11 is 0. The fraction of sp³-hybridized carbons (Fsp3) is 0.696. The Kier molecular flexibility index (Phi) is 6.56. The van der Waals surface area contributed by atoms with Gasteiger partial charge >= 0.3 is 5.97 Å². The van der Waals surface area contributed by atoms with Crippen molar-refractivity contribution in [1.29, 1.82) is 0 Å². The van der Waals surface area contributed by atoms with Crippen LogP contribution in [0.1, 0.15) is 89.2 Å². The number of carbonyl (C=O) groups excluding carboxylic acids is 1. The van der Waals surface area contributed by atoms with Crippen molar-refractivity contribution >= 4 is 5.97 Å². The molecule has 1 aromatic carbocycles. The Balaban J connectivity index is 1.82. The maximum absolute atomic E-state index is 14.9. The summed E-state index contributed by atoms with van der Waals surface area (Å²) in [6.07, 6.45) is 10.7. The molecule has 2 aliphatic rings. The van der Waals surface area contributed by atoms with Crippen LogP contribution < -0.4 is 10.5 Å². The molecule has 0 radical (unpaired) electrons. The number of unbranched alkanes of at least 4 members (excludes halogenated alkanes) is 3. The minimum atomic E-state index is -0.272. The second-order valence-corrected chi connectivity index (χ2v) is 8.72. The van der Waals surface area contributed by atoms with Gasteiger partial charge in [-0.3, -0.25) is 4.79 Å². The third-order valence-electron chi connectivity index (χ3n) is 6.73. The van der Waals surface area contributed by atoms with E-state index in [9.17, 15) is 9.18 Å². The summed E-state index contributed by atoms with van der Waals surface area (Å²) in [6, 6.07) is 3.31. The Morgan fingerprint density at radius 1 is 1.26 bits per heavy atom. The van der Waals surface area contributed by atoms with E-state index in [2.05, 4.69) is 13.8 Å². The lowest BCUT2D eigenvalue weighted by atomic mass is 9.60. The van der Waals surface area contributed by atoms with Crippen LogP contribution in [0.2, 0.25) is 0 Å². The topological polar surface area (TPSA) is 52.3 Å². The molecule has 2 aliphatic carbocycles. The number of nitrogens with two attached hydrogens (primary N) is 1. The molecule has 0 heterocycles. The average Bonchev–Trinajstić information content (AvgIpc) is 2.63. The third kappa shape index (κ3) is 4.37. The lowest BCUT2D eigenvalue weighted by Crippen LogP contribution is -2.53. The molecule has 3 rings (SSSR count). The van der Waals surface area contributed by atoms with Crippen molar-refractivity contribution < 1.29 is 13.9 Å². The Hall–Kier alpha value is -1.42. The molecule has 0 amide bonds. The first-order valence-electron chi connectivity index (χ1n) is 10.7. The number of ether oxygens (including phenoxy) is 1. The minimum absolute atomic E-state index is 0.0321. The van der Waals surface area contributed by atoms with E-state index in [0.29, 0.717) is 24.5 Å². The van der Waals surface area contributed by atoms with Gasteiger partial charge in [-0.1, -0.05) is 52.4 Å². The lowest BCUT2D eigenvalue weighted by molar-refractivity contribution is -0.134. The van der Waals surface area contributed by atoms with E-state index in [1.54, 1.807) is 0 Å². The van der Waals surface area contributed by atoms with Crippen LogP contribution in [0, 0.1) is 11.7 Å². The second kappa shape index (κ2) is 8.72. The van der Waals surface area contributed by atoms with Crippen molar-refractivity contribution in [3.05, 3.63) is 29.1 Å². The van der Waals surface area contributed by atoms with Gasteiger partial charge in [-0.15, -0.1) is 0 Å². The van der Waals surface area contributed by atoms with Crippen molar-refractivity contribution in [3.63, 3.8) is 0 Å². The van der Waals surface area contributed by atoms with Crippen LogP contribution in [0.25, 0.3) is 0 Å². The zero-order valence-corrected chi connectivity index (χ0v) is 16.9. The third-order valence-corrected chi connectivity index (χ3v) is 6.73. The molecular weight excluding hydrogens is 341 g/mol. The van der Waals surface area contributed by atoms with Crippen LogP contribution in [0.3, 0.4) is 0 Å². The van der Waals surface area contributed by atoms with Crippen LogP contribution in [0.5, 0.6) is 5.75 Å². The Bertz CT molecular complexity index is 675. The van der Waals surface area contributed by atoms with E-state index in [4.69, 9.17) is 10.5 Å². The smallest absolute Gasteiger partial charge is 0.311 e. The second-order valence-electron chi connectivity index (χ2n) is 8.72. The van der Waals surface area contributed by atoms with E-state index in [1.807, 2.05) is 6.07 Å². The molecular formula is C23H34FNO2. The predicted octanol–water partition coefficient (Wildman–Crippen LogP) is 5.42. The van der Waals surface area contributed by atoms with E-state index < -0.39 is 0 Å². The van der Waals surface area contributed by atoms with Gasteiger partial charge in [0.2, 0.25) is 0 Å². The highest BCUT2D eigenvalue weighted by atomic mass is 19.1. The maximum Gasteiger partial charge on any atom is 0.311 e. The van der Waals surface area contributed by atoms with Crippen molar-refractivity contribution in [2.24, 2.45) is 11.7 Å². The number of benzene rings is 1. The molecule has 0 unspecified atom stereocenters. The van der Waals surface area contributed by atoms with Crippen LogP contribution >= 0.6 is 0 Å². The van der Waals surface area contributed by atoms with Gasteiger partial charge in [0.15, 0.2) is 0 Å². The lowest BCUT2D eigenvalue weighted by Gasteiger charge is -2.47. The zero-order valence-electron chi connectivity index (χ0n) is 16.9. The first-order valence-corrected chi connectivity index (χ1v) is 10.7. The number of hydrogen-bond donors (Lipinski definition) is 1. The van der Waals surface area contributed by atoms with Crippen molar-refractivity contribution in [1.82, 2.24) is 0 Å². The normalized spacial score (nSPS) is 27.4. The number of esters is 1. The summed E-state index contributed by atoms with van der Waals surface area (Å²) in [5, 5.41) is 0. The molecule has 4 heteroatoms. The predicted molar refractivity (Wildman–Crippen MR) is 106 cm³/mol. The molecule has 27 heavy (non-hydrogen) atoms. The number of halogens is 1. The maximum atomic E-state index is 14.9. The summed E-state index contributed by atoms with van der Waals surface area (Å²) in [7, 11) is 0. The van der Waals surface area contributed by atoms with Crippen molar-refractivity contribution in [2.45, 2.75) is 95.9 Å². The molecule has 0 aromatic heterocycles. The molecule has 0 aliphatic heterocycles. The Morgan fingerprint density at radius 2 is 2.07 bits per heavy atom. The standard InChI is InChI=1S/C23H34FNO2/c1-3-4-5-8-11-21(26)27-17-14-19-18(20(24)15-17)13-16-10-7-6-9-12-23(19,2)22(16)25/h14-16,22H,3-13,25H2,1-2H3/t16-,22-,23+/m0/s1. The SMILES string of the molecule is CCCCCCC(=O)Oc1cc(F)c2c(c1)[C@@]1(C)CCCCC[C@@H](C2)[C@@H]1N. The molecule has 2 bridgehead atoms. The van der Waals surface area contributed by atoms with Gasteiger partial charge in [0.1, 0.15) is 11.6 Å². The van der Waals surface area contributed by atoms with Gasteiger partial charge in [0.05, 0.1) is 0 Å². The van der Waals surface area contributed by atoms with Gasteiger partial charge in [-0.25, -0.2) is 4.39 Å². The summed E-state index contributed by atoms with van der Waals surface area (Å²) in [4.78, 5) is 12.1. The van der Waals surface area contributed by atoms with Gasteiger partial charge in [-0.05, 0) is 48.8 Å². The molecule has 3 atom stereocenters. The first kappa shape index (κ1) is 20.3. The van der Waals surface area contributed by atoms with E-state index >= 15 is 0 Å². The van der Waals surface area contributed by atoms with Gasteiger partial charge in [-0.2, -0.15) is 0 Å². The number of hydrogen-bond acceptors (Lipinski definition) is 3. The van der Waals surface area contributed by atoms with Gasteiger partial charge < -0.3 is 10.5 Å². The summed E-state index contributed by atoms with van der Waals surface area (Å²) in [5.74, 6) is 0.154. The highest BCUT2D eigenvalue weighted by molar-refractivity contribution is 5.72. The monoisotopic (exact) mass is 375 g/mol. The van der Waals surface area contributed by atoms with E-state index in [0.717, 1.165) is 56.1 Å². The highest BCUT2D eigenvalue weighted by Crippen LogP contribution is 2.47. The van der Waals surface area contributed by atoms with Crippen LogP contribution in [0.15, 0.2) is 12.1 Å². The van der Waals surface area contributed by atoms with Crippen LogP contribution in [0.4, 0.5) is 4.39 Å². The number of carbonyl (C=O) groups is 1. The fourth-order valence-corrected chi connectivity index (χ4v) is 5.01. The van der Waals surface area contributed by atoms with E-state index in [1.165, 1.54) is 18.9 Å². The molecule has 3 nitrogen and oxygen atoms in total. The minimum Gasteiger partial charge on any atom is -0.426 e. The highest BCUT2D eigenvalue weighted by Gasteiger charge is 2.45.